The molecule has 0 aliphatic heterocycles. The van der Waals surface area contributed by atoms with Crippen LogP contribution >= 0.6 is 11.6 Å². The van der Waals surface area contributed by atoms with Crippen molar-refractivity contribution in [2.45, 2.75) is 13.5 Å². The molecule has 0 unspecified atom stereocenters. The van der Waals surface area contributed by atoms with Gasteiger partial charge >= 0.3 is 0 Å². The molecule has 0 saturated carbocycles. The van der Waals surface area contributed by atoms with Crippen molar-refractivity contribution in [1.29, 1.82) is 0 Å². The van der Waals surface area contributed by atoms with Gasteiger partial charge in [-0.05, 0) is 36.8 Å². The zero-order valence-electron chi connectivity index (χ0n) is 10.4. The second-order valence-electron chi connectivity index (χ2n) is 4.21. The molecule has 2 aromatic carbocycles. The molecule has 18 heavy (non-hydrogen) atoms. The summed E-state index contributed by atoms with van der Waals surface area (Å²) < 4.78 is 0. The molecule has 0 amide bonds. The first-order chi connectivity index (χ1) is 8.70. The van der Waals surface area contributed by atoms with Gasteiger partial charge in [-0.25, -0.2) is 0 Å². The van der Waals surface area contributed by atoms with E-state index in [1.165, 1.54) is 11.3 Å². The zero-order chi connectivity index (χ0) is 13.0. The van der Waals surface area contributed by atoms with Crippen LogP contribution in [-0.4, -0.2) is 6.54 Å². The molecule has 2 N–H and O–H groups in total. The summed E-state index contributed by atoms with van der Waals surface area (Å²) in [5.41, 5.74) is 8.85. The zero-order valence-corrected chi connectivity index (χ0v) is 11.2. The fourth-order valence-corrected chi connectivity index (χ4v) is 2.05. The number of halogens is 1. The fourth-order valence-electron chi connectivity index (χ4n) is 1.94. The Morgan fingerprint density at radius 3 is 2.44 bits per heavy atom. The van der Waals surface area contributed by atoms with Crippen molar-refractivity contribution >= 4 is 23.0 Å². The Hall–Kier alpha value is -1.67. The Morgan fingerprint density at radius 2 is 1.83 bits per heavy atom. The SMILES string of the molecule is CCN(Cc1ccc(Cl)c(N)c1)c1ccccc1. The van der Waals surface area contributed by atoms with E-state index in [1.807, 2.05) is 36.4 Å². The van der Waals surface area contributed by atoms with Crippen molar-refractivity contribution in [3.63, 3.8) is 0 Å². The number of rotatable bonds is 4. The quantitative estimate of drug-likeness (QED) is 0.844. The van der Waals surface area contributed by atoms with Crippen molar-refractivity contribution in [2.24, 2.45) is 0 Å². The standard InChI is InChI=1S/C15H17ClN2/c1-2-18(13-6-4-3-5-7-13)11-12-8-9-14(16)15(17)10-12/h3-10H,2,11,17H2,1H3. The maximum atomic E-state index is 5.93. The summed E-state index contributed by atoms with van der Waals surface area (Å²) in [6.45, 7) is 3.93. The number of hydrogen-bond acceptors (Lipinski definition) is 2. The molecular weight excluding hydrogens is 244 g/mol. The number of para-hydroxylation sites is 1. The van der Waals surface area contributed by atoms with Gasteiger partial charge in [0.25, 0.3) is 0 Å². The van der Waals surface area contributed by atoms with E-state index in [0.717, 1.165) is 13.1 Å². The largest absolute Gasteiger partial charge is 0.398 e. The van der Waals surface area contributed by atoms with Gasteiger partial charge in [-0.15, -0.1) is 0 Å². The number of anilines is 2. The lowest BCUT2D eigenvalue weighted by Gasteiger charge is -2.23. The monoisotopic (exact) mass is 260 g/mol. The molecule has 2 nitrogen and oxygen atoms in total. The van der Waals surface area contributed by atoms with Crippen molar-refractivity contribution in [1.82, 2.24) is 0 Å². The molecule has 0 spiro atoms. The van der Waals surface area contributed by atoms with E-state index >= 15 is 0 Å². The minimum absolute atomic E-state index is 0.613. The van der Waals surface area contributed by atoms with Crippen LogP contribution in [0, 0.1) is 0 Å². The highest BCUT2D eigenvalue weighted by Crippen LogP contribution is 2.22. The summed E-state index contributed by atoms with van der Waals surface area (Å²) in [7, 11) is 0. The van der Waals surface area contributed by atoms with Gasteiger partial charge in [0.2, 0.25) is 0 Å². The maximum absolute atomic E-state index is 5.93. The molecule has 0 aromatic heterocycles. The number of nitrogen functional groups attached to an aromatic ring is 1. The third kappa shape index (κ3) is 2.96. The molecule has 0 heterocycles. The normalized spacial score (nSPS) is 10.3. The number of hydrogen-bond donors (Lipinski definition) is 1. The lowest BCUT2D eigenvalue weighted by molar-refractivity contribution is 0.832. The topological polar surface area (TPSA) is 29.3 Å². The van der Waals surface area contributed by atoms with E-state index in [1.54, 1.807) is 0 Å². The van der Waals surface area contributed by atoms with E-state index in [-0.39, 0.29) is 0 Å². The van der Waals surface area contributed by atoms with Gasteiger partial charge in [-0.3, -0.25) is 0 Å². The molecule has 2 aromatic rings. The molecule has 0 aliphatic rings. The highest BCUT2D eigenvalue weighted by atomic mass is 35.5. The summed E-state index contributed by atoms with van der Waals surface area (Å²) in [4.78, 5) is 2.29. The van der Waals surface area contributed by atoms with Crippen molar-refractivity contribution in [2.75, 3.05) is 17.2 Å². The van der Waals surface area contributed by atoms with Crippen LogP contribution in [0.25, 0.3) is 0 Å². The van der Waals surface area contributed by atoms with Gasteiger partial charge in [-0.1, -0.05) is 35.9 Å². The van der Waals surface area contributed by atoms with Crippen LogP contribution in [0.15, 0.2) is 48.5 Å². The Labute approximate surface area is 113 Å². The summed E-state index contributed by atoms with van der Waals surface area (Å²) in [5.74, 6) is 0. The van der Waals surface area contributed by atoms with E-state index in [9.17, 15) is 0 Å². The summed E-state index contributed by atoms with van der Waals surface area (Å²) in [6, 6.07) is 16.2. The van der Waals surface area contributed by atoms with Gasteiger partial charge in [0.15, 0.2) is 0 Å². The van der Waals surface area contributed by atoms with Gasteiger partial charge in [0, 0.05) is 18.8 Å². The van der Waals surface area contributed by atoms with Gasteiger partial charge in [-0.2, -0.15) is 0 Å². The van der Waals surface area contributed by atoms with Crippen LogP contribution in [0.4, 0.5) is 11.4 Å². The van der Waals surface area contributed by atoms with Crippen LogP contribution in [0.1, 0.15) is 12.5 Å². The van der Waals surface area contributed by atoms with Crippen molar-refractivity contribution in [3.05, 3.63) is 59.1 Å². The van der Waals surface area contributed by atoms with E-state index in [4.69, 9.17) is 17.3 Å². The molecule has 0 bridgehead atoms. The third-order valence-electron chi connectivity index (χ3n) is 2.94. The minimum atomic E-state index is 0.613. The van der Waals surface area contributed by atoms with Gasteiger partial charge < -0.3 is 10.6 Å². The highest BCUT2D eigenvalue weighted by Gasteiger charge is 2.06. The van der Waals surface area contributed by atoms with Crippen LogP contribution < -0.4 is 10.6 Å². The number of nitrogens with zero attached hydrogens (tertiary/aromatic N) is 1. The third-order valence-corrected chi connectivity index (χ3v) is 3.28. The molecular formula is C15H17ClN2. The molecule has 0 fully saturated rings. The minimum Gasteiger partial charge on any atom is -0.398 e. The van der Waals surface area contributed by atoms with E-state index < -0.39 is 0 Å². The predicted molar refractivity (Wildman–Crippen MR) is 79.0 cm³/mol. The van der Waals surface area contributed by atoms with Gasteiger partial charge in [0.05, 0.1) is 10.7 Å². The molecule has 94 valence electrons. The predicted octanol–water partition coefficient (Wildman–Crippen LogP) is 3.95. The van der Waals surface area contributed by atoms with Gasteiger partial charge in [0.1, 0.15) is 0 Å². The highest BCUT2D eigenvalue weighted by molar-refractivity contribution is 6.33. The van der Waals surface area contributed by atoms with Crippen LogP contribution in [-0.2, 0) is 6.54 Å². The lowest BCUT2D eigenvalue weighted by Crippen LogP contribution is -2.21. The Morgan fingerprint density at radius 1 is 1.11 bits per heavy atom. The number of nitrogens with two attached hydrogens (primary N) is 1. The van der Waals surface area contributed by atoms with E-state index in [2.05, 4.69) is 24.0 Å². The smallest absolute Gasteiger partial charge is 0.0635 e. The molecule has 2 rings (SSSR count). The fraction of sp³-hybridized carbons (Fsp3) is 0.200. The lowest BCUT2D eigenvalue weighted by atomic mass is 10.1. The second-order valence-corrected chi connectivity index (χ2v) is 4.61. The van der Waals surface area contributed by atoms with Crippen molar-refractivity contribution < 1.29 is 0 Å². The molecule has 3 heteroatoms. The first-order valence-corrected chi connectivity index (χ1v) is 6.42. The Balaban J connectivity index is 2.18. The van der Waals surface area contributed by atoms with E-state index in [0.29, 0.717) is 10.7 Å². The average Bonchev–Trinajstić information content (AvgIpc) is 2.41. The molecule has 0 saturated heterocycles. The second kappa shape index (κ2) is 5.78. The molecule has 0 aliphatic carbocycles. The van der Waals surface area contributed by atoms with Crippen LogP contribution in [0.3, 0.4) is 0 Å². The van der Waals surface area contributed by atoms with Crippen LogP contribution in [0.5, 0.6) is 0 Å². The number of benzene rings is 2. The molecule has 0 atom stereocenters. The van der Waals surface area contributed by atoms with Crippen molar-refractivity contribution in [3.8, 4) is 0 Å². The maximum Gasteiger partial charge on any atom is 0.0635 e. The Bertz CT molecular complexity index is 511. The summed E-state index contributed by atoms with van der Waals surface area (Å²) >= 11 is 5.93. The summed E-state index contributed by atoms with van der Waals surface area (Å²) in [6.07, 6.45) is 0. The molecule has 0 radical (unpaired) electrons. The summed E-state index contributed by atoms with van der Waals surface area (Å²) in [5, 5.41) is 0.613. The average molecular weight is 261 g/mol. The van der Waals surface area contributed by atoms with Crippen LogP contribution in [0.2, 0.25) is 5.02 Å². The first kappa shape index (κ1) is 12.8. The Kier molecular flexibility index (Phi) is 4.11. The first-order valence-electron chi connectivity index (χ1n) is 6.04.